The average Bonchev–Trinajstić information content (AvgIpc) is 2.70. The van der Waals surface area contributed by atoms with Gasteiger partial charge in [-0.2, -0.15) is 0 Å². The molecule has 2 heterocycles. The van der Waals surface area contributed by atoms with Gasteiger partial charge in [0.05, 0.1) is 5.52 Å². The van der Waals surface area contributed by atoms with Gasteiger partial charge in [0, 0.05) is 12.5 Å². The van der Waals surface area contributed by atoms with Crippen LogP contribution in [0.25, 0.3) is 10.2 Å². The number of hydrogen-bond donors (Lipinski definition) is 1. The van der Waals surface area contributed by atoms with Crippen molar-refractivity contribution in [3.05, 3.63) is 26.6 Å². The van der Waals surface area contributed by atoms with E-state index in [9.17, 15) is 14.7 Å². The van der Waals surface area contributed by atoms with Crippen LogP contribution in [0.3, 0.4) is 0 Å². The van der Waals surface area contributed by atoms with Gasteiger partial charge in [0.1, 0.15) is 4.70 Å². The molecule has 5 nitrogen and oxygen atoms in total. The third kappa shape index (κ3) is 2.45. The van der Waals surface area contributed by atoms with Crippen LogP contribution in [0.4, 0.5) is 0 Å². The van der Waals surface area contributed by atoms with Crippen molar-refractivity contribution in [2.24, 2.45) is 0 Å². The second kappa shape index (κ2) is 4.80. The van der Waals surface area contributed by atoms with Crippen molar-refractivity contribution in [1.29, 1.82) is 0 Å². The van der Waals surface area contributed by atoms with Crippen molar-refractivity contribution in [2.75, 3.05) is 0 Å². The van der Waals surface area contributed by atoms with Crippen LogP contribution in [0.1, 0.15) is 12.8 Å². The van der Waals surface area contributed by atoms with E-state index in [4.69, 9.17) is 12.2 Å². The van der Waals surface area contributed by atoms with Crippen LogP contribution in [0, 0.1) is 4.77 Å². The average molecular weight is 269 g/mol. The van der Waals surface area contributed by atoms with Gasteiger partial charge in [-0.15, -0.1) is 11.3 Å². The summed E-state index contributed by atoms with van der Waals surface area (Å²) in [4.78, 5) is 25.3. The summed E-state index contributed by atoms with van der Waals surface area (Å²) in [5.74, 6) is -1.12. The first kappa shape index (κ1) is 12.0. The van der Waals surface area contributed by atoms with Gasteiger partial charge in [-0.3, -0.25) is 9.36 Å². The molecule has 0 radical (unpaired) electrons. The molecule has 0 aromatic carbocycles. The Labute approximate surface area is 105 Å². The Hall–Kier alpha value is -1.47. The van der Waals surface area contributed by atoms with Gasteiger partial charge in [0.25, 0.3) is 5.56 Å². The zero-order chi connectivity index (χ0) is 12.4. The number of carbonyl (C=O) groups excluding carboxylic acids is 1. The first-order valence-corrected chi connectivity index (χ1v) is 6.28. The van der Waals surface area contributed by atoms with Crippen molar-refractivity contribution in [2.45, 2.75) is 19.4 Å². The topological polar surface area (TPSA) is 77.9 Å². The second-order valence-electron chi connectivity index (χ2n) is 3.53. The molecule has 0 saturated carbocycles. The normalized spacial score (nSPS) is 10.8. The molecule has 0 fully saturated rings. The summed E-state index contributed by atoms with van der Waals surface area (Å²) < 4.78 is 2.31. The van der Waals surface area contributed by atoms with Crippen molar-refractivity contribution in [3.63, 3.8) is 0 Å². The zero-order valence-corrected chi connectivity index (χ0v) is 10.4. The molecule has 90 valence electrons. The van der Waals surface area contributed by atoms with E-state index in [1.165, 1.54) is 15.9 Å². The summed E-state index contributed by atoms with van der Waals surface area (Å²) in [5, 5.41) is 12.1. The van der Waals surface area contributed by atoms with Crippen molar-refractivity contribution < 1.29 is 9.90 Å². The predicted octanol–water partition coefficient (Wildman–Crippen LogP) is 0.651. The minimum absolute atomic E-state index is 0.0797. The van der Waals surface area contributed by atoms with E-state index in [2.05, 4.69) is 4.98 Å². The SMILES string of the molecule is O=C([O-])CCCn1c(=S)[nH]c2ccsc2c1=O. The number of aliphatic carboxylic acids is 1. The van der Waals surface area contributed by atoms with E-state index in [1.54, 1.807) is 6.07 Å². The first-order valence-electron chi connectivity index (χ1n) is 5.00. The lowest BCUT2D eigenvalue weighted by Gasteiger charge is -2.06. The number of carboxylic acid groups (broad SMARTS) is 1. The number of rotatable bonds is 4. The van der Waals surface area contributed by atoms with Gasteiger partial charge in [-0.1, -0.05) is 0 Å². The molecule has 0 aliphatic heterocycles. The van der Waals surface area contributed by atoms with E-state index in [0.29, 0.717) is 15.9 Å². The fourth-order valence-electron chi connectivity index (χ4n) is 1.56. The van der Waals surface area contributed by atoms with Gasteiger partial charge in [-0.25, -0.2) is 0 Å². The molecule has 7 heteroatoms. The van der Waals surface area contributed by atoms with E-state index in [-0.39, 0.29) is 18.5 Å². The highest BCUT2D eigenvalue weighted by atomic mass is 32.1. The van der Waals surface area contributed by atoms with Crippen LogP contribution in [0.2, 0.25) is 0 Å². The Morgan fingerprint density at radius 2 is 2.35 bits per heavy atom. The number of hydrogen-bond acceptors (Lipinski definition) is 5. The van der Waals surface area contributed by atoms with Crippen LogP contribution in [0.15, 0.2) is 16.2 Å². The Balaban J connectivity index is 2.36. The Morgan fingerprint density at radius 1 is 1.59 bits per heavy atom. The Bertz CT molecular complexity index is 668. The molecule has 0 spiro atoms. The molecule has 0 aliphatic rings. The molecule has 2 aromatic rings. The highest BCUT2D eigenvalue weighted by Crippen LogP contribution is 2.13. The zero-order valence-electron chi connectivity index (χ0n) is 8.76. The second-order valence-corrected chi connectivity index (χ2v) is 4.83. The summed E-state index contributed by atoms with van der Waals surface area (Å²) in [6.45, 7) is 0.288. The van der Waals surface area contributed by atoms with Crippen molar-refractivity contribution in [1.82, 2.24) is 9.55 Å². The van der Waals surface area contributed by atoms with E-state index in [1.807, 2.05) is 5.38 Å². The van der Waals surface area contributed by atoms with Crippen LogP contribution >= 0.6 is 23.6 Å². The summed E-state index contributed by atoms with van der Waals surface area (Å²) in [6, 6.07) is 1.79. The maximum Gasteiger partial charge on any atom is 0.272 e. The molecular weight excluding hydrogens is 260 g/mol. The summed E-state index contributed by atoms with van der Waals surface area (Å²) >= 11 is 6.40. The van der Waals surface area contributed by atoms with Crippen LogP contribution in [0.5, 0.6) is 0 Å². The fraction of sp³-hybridized carbons (Fsp3) is 0.300. The molecule has 0 aliphatic carbocycles. The number of nitrogens with zero attached hydrogens (tertiary/aromatic N) is 1. The molecule has 17 heavy (non-hydrogen) atoms. The number of fused-ring (bicyclic) bond motifs is 1. The lowest BCUT2D eigenvalue weighted by molar-refractivity contribution is -0.305. The summed E-state index contributed by atoms with van der Waals surface area (Å²) in [6.07, 6.45) is 0.250. The number of thiophene rings is 1. The summed E-state index contributed by atoms with van der Waals surface area (Å²) in [7, 11) is 0. The van der Waals surface area contributed by atoms with Gasteiger partial charge in [-0.05, 0) is 36.5 Å². The fourth-order valence-corrected chi connectivity index (χ4v) is 2.64. The Kier molecular flexibility index (Phi) is 3.39. The number of aromatic nitrogens is 2. The van der Waals surface area contributed by atoms with Gasteiger partial charge in [0.2, 0.25) is 0 Å². The molecule has 0 amide bonds. The maximum atomic E-state index is 12.0. The number of aromatic amines is 1. The molecule has 0 unspecified atom stereocenters. The van der Waals surface area contributed by atoms with E-state index in [0.717, 1.165) is 5.52 Å². The third-order valence-electron chi connectivity index (χ3n) is 2.35. The molecule has 0 atom stereocenters. The monoisotopic (exact) mass is 269 g/mol. The quantitative estimate of drug-likeness (QED) is 0.827. The number of carboxylic acids is 1. The predicted molar refractivity (Wildman–Crippen MR) is 65.5 cm³/mol. The highest BCUT2D eigenvalue weighted by Gasteiger charge is 2.06. The number of H-pyrrole nitrogens is 1. The van der Waals surface area contributed by atoms with Crippen LogP contribution in [-0.2, 0) is 11.3 Å². The van der Waals surface area contributed by atoms with Crippen LogP contribution in [-0.4, -0.2) is 15.5 Å². The van der Waals surface area contributed by atoms with Gasteiger partial charge >= 0.3 is 0 Å². The van der Waals surface area contributed by atoms with E-state index >= 15 is 0 Å². The minimum Gasteiger partial charge on any atom is -0.550 e. The molecule has 0 saturated heterocycles. The third-order valence-corrected chi connectivity index (χ3v) is 3.58. The minimum atomic E-state index is -1.12. The number of nitrogens with one attached hydrogen (secondary N) is 1. The first-order chi connectivity index (χ1) is 8.09. The summed E-state index contributed by atoms with van der Waals surface area (Å²) in [5.41, 5.74) is 0.554. The lowest BCUT2D eigenvalue weighted by Crippen LogP contribution is -2.25. The highest BCUT2D eigenvalue weighted by molar-refractivity contribution is 7.71. The smallest absolute Gasteiger partial charge is 0.272 e. The molecule has 2 aromatic heterocycles. The molecule has 1 N–H and O–H groups in total. The van der Waals surface area contributed by atoms with Crippen molar-refractivity contribution >= 4 is 39.7 Å². The largest absolute Gasteiger partial charge is 0.550 e. The number of carbonyl (C=O) groups is 1. The van der Waals surface area contributed by atoms with Gasteiger partial charge < -0.3 is 14.9 Å². The Morgan fingerprint density at radius 3 is 3.06 bits per heavy atom. The van der Waals surface area contributed by atoms with Crippen LogP contribution < -0.4 is 10.7 Å². The molecular formula is C10H9N2O3S2-. The standard InChI is InChI=1S/C10H10N2O3S2/c13-7(14)2-1-4-12-9(15)8-6(3-5-17-8)11-10(12)16/h3,5H,1-2,4H2,(H,11,16)(H,13,14)/p-1. The lowest BCUT2D eigenvalue weighted by atomic mass is 10.3. The maximum absolute atomic E-state index is 12.0. The molecule has 0 bridgehead atoms. The van der Waals surface area contributed by atoms with Crippen molar-refractivity contribution in [3.8, 4) is 0 Å². The molecule has 2 rings (SSSR count). The van der Waals surface area contributed by atoms with E-state index < -0.39 is 5.97 Å². The van der Waals surface area contributed by atoms with Gasteiger partial charge in [0.15, 0.2) is 4.77 Å².